The van der Waals surface area contributed by atoms with Crippen LogP contribution in [0, 0.1) is 5.92 Å². The van der Waals surface area contributed by atoms with E-state index < -0.39 is 21.7 Å². The molecule has 1 aromatic carbocycles. The van der Waals surface area contributed by atoms with Gasteiger partial charge in [0, 0.05) is 24.4 Å². The van der Waals surface area contributed by atoms with E-state index in [1.807, 2.05) is 13.8 Å². The summed E-state index contributed by atoms with van der Waals surface area (Å²) in [7, 11) is -3.42. The van der Waals surface area contributed by atoms with E-state index in [1.54, 1.807) is 11.0 Å². The number of aliphatic carboxylic acids is 1. The summed E-state index contributed by atoms with van der Waals surface area (Å²) >= 11 is 0. The quantitative estimate of drug-likeness (QED) is 0.893. The number of carbonyl (C=O) groups excluding carboxylic acids is 1. The lowest BCUT2D eigenvalue weighted by Crippen LogP contribution is -2.47. The van der Waals surface area contributed by atoms with Crippen LogP contribution in [0.3, 0.4) is 0 Å². The van der Waals surface area contributed by atoms with Crippen LogP contribution in [0.4, 0.5) is 0 Å². The Kier molecular flexibility index (Phi) is 5.32. The molecular weight excluding hydrogens is 330 g/mol. The zero-order chi connectivity index (χ0) is 18.1. The molecule has 1 amide bonds. The monoisotopic (exact) mass is 353 g/mol. The Morgan fingerprint density at radius 1 is 1.29 bits per heavy atom. The van der Waals surface area contributed by atoms with Crippen molar-refractivity contribution in [2.75, 3.05) is 12.8 Å². The number of sulfone groups is 1. The Labute approximate surface area is 142 Å². The van der Waals surface area contributed by atoms with E-state index in [-0.39, 0.29) is 23.4 Å². The van der Waals surface area contributed by atoms with Crippen LogP contribution in [0.15, 0.2) is 23.1 Å². The number of carboxylic acids is 1. The van der Waals surface area contributed by atoms with Crippen molar-refractivity contribution >= 4 is 21.7 Å². The van der Waals surface area contributed by atoms with Gasteiger partial charge in [0.1, 0.15) is 0 Å². The molecular formula is C17H23NO5S. The third-order valence-corrected chi connectivity index (χ3v) is 5.72. The summed E-state index contributed by atoms with van der Waals surface area (Å²) in [5.41, 5.74) is 1.11. The zero-order valence-corrected chi connectivity index (χ0v) is 15.0. The van der Waals surface area contributed by atoms with Gasteiger partial charge in [0.15, 0.2) is 9.84 Å². The first-order valence-electron chi connectivity index (χ1n) is 8.02. The molecule has 2 unspecified atom stereocenters. The van der Waals surface area contributed by atoms with Crippen molar-refractivity contribution in [3.63, 3.8) is 0 Å². The second-order valence-electron chi connectivity index (χ2n) is 6.36. The van der Waals surface area contributed by atoms with Gasteiger partial charge < -0.3 is 10.0 Å². The van der Waals surface area contributed by atoms with E-state index in [2.05, 4.69) is 0 Å². The lowest BCUT2D eigenvalue weighted by Gasteiger charge is -2.37. The van der Waals surface area contributed by atoms with Crippen molar-refractivity contribution < 1.29 is 23.1 Å². The maximum atomic E-state index is 13.0. The molecule has 1 N–H and O–H groups in total. The lowest BCUT2D eigenvalue weighted by atomic mass is 9.92. The van der Waals surface area contributed by atoms with Crippen LogP contribution < -0.4 is 0 Å². The molecule has 0 aromatic heterocycles. The first-order valence-corrected chi connectivity index (χ1v) is 9.91. The summed E-state index contributed by atoms with van der Waals surface area (Å²) in [6.45, 7) is 3.94. The molecule has 7 heteroatoms. The molecule has 0 spiro atoms. The summed E-state index contributed by atoms with van der Waals surface area (Å²) in [4.78, 5) is 25.9. The smallest absolute Gasteiger partial charge is 0.308 e. The lowest BCUT2D eigenvalue weighted by molar-refractivity contribution is -0.143. The normalized spacial score (nSPS) is 21.5. The van der Waals surface area contributed by atoms with Crippen molar-refractivity contribution in [3.8, 4) is 0 Å². The van der Waals surface area contributed by atoms with Gasteiger partial charge in [-0.25, -0.2) is 8.42 Å². The second kappa shape index (κ2) is 6.93. The third kappa shape index (κ3) is 3.77. The predicted octanol–water partition coefficient (Wildman–Crippen LogP) is 1.98. The Morgan fingerprint density at radius 3 is 2.50 bits per heavy atom. The zero-order valence-electron chi connectivity index (χ0n) is 14.2. The number of carbonyl (C=O) groups is 2. The molecule has 2 rings (SSSR count). The predicted molar refractivity (Wildman–Crippen MR) is 89.8 cm³/mol. The van der Waals surface area contributed by atoms with Crippen LogP contribution in [0.5, 0.6) is 0 Å². The standard InChI is InChI=1S/C17H23NO5S/c1-4-12-7-8-14(24(3,22)23)9-15(12)16(19)18-10-13(17(20)21)6-5-11(18)2/h7-9,11,13H,4-6,10H2,1-3H3,(H,20,21). The Hall–Kier alpha value is -1.89. The maximum Gasteiger partial charge on any atom is 0.308 e. The molecule has 1 heterocycles. The Morgan fingerprint density at radius 2 is 1.96 bits per heavy atom. The molecule has 132 valence electrons. The van der Waals surface area contributed by atoms with Gasteiger partial charge in [-0.3, -0.25) is 9.59 Å². The highest BCUT2D eigenvalue weighted by atomic mass is 32.2. The average molecular weight is 353 g/mol. The van der Waals surface area contributed by atoms with Gasteiger partial charge in [0.2, 0.25) is 0 Å². The molecule has 1 aromatic rings. The molecule has 0 bridgehead atoms. The Balaban J connectivity index is 2.42. The number of nitrogens with zero attached hydrogens (tertiary/aromatic N) is 1. The van der Waals surface area contributed by atoms with Crippen LogP contribution in [0.25, 0.3) is 0 Å². The molecule has 2 atom stereocenters. The Bertz CT molecular complexity index is 756. The number of hydrogen-bond donors (Lipinski definition) is 1. The van der Waals surface area contributed by atoms with Crippen molar-refractivity contribution in [1.82, 2.24) is 4.90 Å². The number of likely N-dealkylation sites (tertiary alicyclic amines) is 1. The number of amides is 1. The fraction of sp³-hybridized carbons (Fsp3) is 0.529. The van der Waals surface area contributed by atoms with Crippen LogP contribution in [-0.4, -0.2) is 49.1 Å². The SMILES string of the molecule is CCc1ccc(S(C)(=O)=O)cc1C(=O)N1CC(C(=O)O)CCC1C. The maximum absolute atomic E-state index is 13.0. The summed E-state index contributed by atoms with van der Waals surface area (Å²) in [6, 6.07) is 4.50. The van der Waals surface area contributed by atoms with E-state index in [0.717, 1.165) is 11.8 Å². The van der Waals surface area contributed by atoms with E-state index in [1.165, 1.54) is 12.1 Å². The highest BCUT2D eigenvalue weighted by molar-refractivity contribution is 7.90. The second-order valence-corrected chi connectivity index (χ2v) is 8.38. The number of carboxylic acid groups (broad SMARTS) is 1. The van der Waals surface area contributed by atoms with Crippen LogP contribution in [-0.2, 0) is 21.1 Å². The van der Waals surface area contributed by atoms with Gasteiger partial charge in [-0.1, -0.05) is 13.0 Å². The number of hydrogen-bond acceptors (Lipinski definition) is 4. The molecule has 1 fully saturated rings. The summed E-state index contributed by atoms with van der Waals surface area (Å²) < 4.78 is 23.6. The van der Waals surface area contributed by atoms with Gasteiger partial charge in [-0.05, 0) is 43.9 Å². The molecule has 24 heavy (non-hydrogen) atoms. The summed E-state index contributed by atoms with van der Waals surface area (Å²) in [5, 5.41) is 9.23. The van der Waals surface area contributed by atoms with E-state index in [0.29, 0.717) is 24.8 Å². The highest BCUT2D eigenvalue weighted by Gasteiger charge is 2.33. The topological polar surface area (TPSA) is 91.8 Å². The van der Waals surface area contributed by atoms with Gasteiger partial charge in [-0.2, -0.15) is 0 Å². The van der Waals surface area contributed by atoms with Crippen LogP contribution in [0.1, 0.15) is 42.6 Å². The number of benzene rings is 1. The molecule has 0 saturated carbocycles. The first-order chi connectivity index (χ1) is 11.1. The van der Waals surface area contributed by atoms with Crippen molar-refractivity contribution in [1.29, 1.82) is 0 Å². The molecule has 1 aliphatic rings. The number of piperidine rings is 1. The minimum Gasteiger partial charge on any atom is -0.481 e. The van der Waals surface area contributed by atoms with Gasteiger partial charge in [-0.15, -0.1) is 0 Å². The van der Waals surface area contributed by atoms with E-state index in [9.17, 15) is 23.1 Å². The van der Waals surface area contributed by atoms with Crippen LogP contribution >= 0.6 is 0 Å². The van der Waals surface area contributed by atoms with E-state index in [4.69, 9.17) is 0 Å². The van der Waals surface area contributed by atoms with Crippen molar-refractivity contribution in [2.45, 2.75) is 44.0 Å². The number of rotatable bonds is 4. The third-order valence-electron chi connectivity index (χ3n) is 4.61. The summed E-state index contributed by atoms with van der Waals surface area (Å²) in [5.74, 6) is -1.77. The molecule has 0 aliphatic carbocycles. The molecule has 6 nitrogen and oxygen atoms in total. The fourth-order valence-corrected chi connectivity index (χ4v) is 3.69. The minimum atomic E-state index is -3.42. The average Bonchev–Trinajstić information content (AvgIpc) is 2.52. The minimum absolute atomic E-state index is 0.0697. The molecule has 1 aliphatic heterocycles. The first kappa shape index (κ1) is 18.4. The highest BCUT2D eigenvalue weighted by Crippen LogP contribution is 2.26. The van der Waals surface area contributed by atoms with Gasteiger partial charge >= 0.3 is 5.97 Å². The van der Waals surface area contributed by atoms with Gasteiger partial charge in [0.25, 0.3) is 5.91 Å². The fourth-order valence-electron chi connectivity index (χ4n) is 3.04. The molecule has 0 radical (unpaired) electrons. The van der Waals surface area contributed by atoms with Crippen molar-refractivity contribution in [3.05, 3.63) is 29.3 Å². The van der Waals surface area contributed by atoms with E-state index >= 15 is 0 Å². The van der Waals surface area contributed by atoms with Gasteiger partial charge in [0.05, 0.1) is 10.8 Å². The van der Waals surface area contributed by atoms with Crippen molar-refractivity contribution in [2.24, 2.45) is 5.92 Å². The number of aryl methyl sites for hydroxylation is 1. The van der Waals surface area contributed by atoms with Crippen LogP contribution in [0.2, 0.25) is 0 Å². The largest absolute Gasteiger partial charge is 0.481 e. The summed E-state index contributed by atoms with van der Waals surface area (Å²) in [6.07, 6.45) is 2.86. The molecule has 1 saturated heterocycles.